The molecule has 0 aliphatic rings. The summed E-state index contributed by atoms with van der Waals surface area (Å²) in [6.07, 6.45) is -0.513. The topological polar surface area (TPSA) is 46.5 Å². The van der Waals surface area contributed by atoms with Crippen molar-refractivity contribution in [3.05, 3.63) is 28.8 Å². The van der Waals surface area contributed by atoms with E-state index in [0.717, 1.165) is 5.56 Å². The zero-order valence-electron chi connectivity index (χ0n) is 8.98. The summed E-state index contributed by atoms with van der Waals surface area (Å²) < 4.78 is 5.51. The Labute approximate surface area is 105 Å². The van der Waals surface area contributed by atoms with Gasteiger partial charge in [-0.05, 0) is 37.6 Å². The van der Waals surface area contributed by atoms with E-state index >= 15 is 0 Å². The van der Waals surface area contributed by atoms with Crippen LogP contribution in [0.1, 0.15) is 12.5 Å². The van der Waals surface area contributed by atoms with Gasteiger partial charge in [-0.15, -0.1) is 0 Å². The summed E-state index contributed by atoms with van der Waals surface area (Å²) in [6.45, 7) is 3.52. The molecule has 2 atom stereocenters. The average molecular weight is 261 g/mol. The van der Waals surface area contributed by atoms with E-state index in [-0.39, 0.29) is 0 Å². The first-order valence-corrected chi connectivity index (χ1v) is 5.65. The summed E-state index contributed by atoms with van der Waals surface area (Å²) in [4.78, 5) is 10.7. The molecule has 0 saturated carbocycles. The molecule has 0 aliphatic carbocycles. The number of rotatable bonds is 4. The molecule has 3 nitrogen and oxygen atoms in total. The number of thiol groups is 1. The second-order valence-electron chi connectivity index (χ2n) is 3.52. The van der Waals surface area contributed by atoms with Crippen LogP contribution < -0.4 is 4.74 Å². The Hall–Kier alpha value is -0.870. The van der Waals surface area contributed by atoms with Gasteiger partial charge in [-0.3, -0.25) is 4.79 Å². The van der Waals surface area contributed by atoms with Gasteiger partial charge in [0.1, 0.15) is 17.1 Å². The Morgan fingerprint density at radius 1 is 1.56 bits per heavy atom. The molecular formula is C11H13ClO3S. The van der Waals surface area contributed by atoms with E-state index in [4.69, 9.17) is 21.4 Å². The molecule has 0 spiro atoms. The summed E-state index contributed by atoms with van der Waals surface area (Å²) in [5.74, 6) is -0.375. The molecule has 0 amide bonds. The lowest BCUT2D eigenvalue weighted by Crippen LogP contribution is -2.31. The number of hydrogen-bond acceptors (Lipinski definition) is 3. The van der Waals surface area contributed by atoms with Crippen LogP contribution in [0.25, 0.3) is 0 Å². The van der Waals surface area contributed by atoms with Crippen LogP contribution in [0.5, 0.6) is 5.75 Å². The number of carboxylic acids is 1. The van der Waals surface area contributed by atoms with Crippen LogP contribution in [0.3, 0.4) is 0 Å². The molecule has 5 heteroatoms. The van der Waals surface area contributed by atoms with Crippen LogP contribution in [0.2, 0.25) is 5.02 Å². The Morgan fingerprint density at radius 2 is 2.19 bits per heavy atom. The first kappa shape index (κ1) is 13.2. The lowest BCUT2D eigenvalue weighted by Gasteiger charge is -2.19. The van der Waals surface area contributed by atoms with Crippen molar-refractivity contribution in [2.75, 3.05) is 0 Å². The fraction of sp³-hybridized carbons (Fsp3) is 0.364. The Morgan fingerprint density at radius 3 is 2.69 bits per heavy atom. The van der Waals surface area contributed by atoms with E-state index in [1.54, 1.807) is 25.1 Å². The lowest BCUT2D eigenvalue weighted by molar-refractivity contribution is -0.137. The van der Waals surface area contributed by atoms with Gasteiger partial charge in [-0.25, -0.2) is 0 Å². The van der Waals surface area contributed by atoms with Crippen molar-refractivity contribution in [3.8, 4) is 5.75 Å². The highest BCUT2D eigenvalue weighted by molar-refractivity contribution is 7.81. The first-order chi connectivity index (χ1) is 7.41. The van der Waals surface area contributed by atoms with Crippen LogP contribution in [0.4, 0.5) is 0 Å². The van der Waals surface area contributed by atoms with E-state index in [0.29, 0.717) is 10.8 Å². The highest BCUT2D eigenvalue weighted by Crippen LogP contribution is 2.24. The van der Waals surface area contributed by atoms with Crippen LogP contribution in [0.15, 0.2) is 18.2 Å². The minimum atomic E-state index is -0.998. The van der Waals surface area contributed by atoms with Crippen molar-refractivity contribution >= 4 is 30.2 Å². The number of ether oxygens (including phenoxy) is 1. The van der Waals surface area contributed by atoms with Crippen molar-refractivity contribution < 1.29 is 14.6 Å². The SMILES string of the molecule is Cc1cc(Cl)ccc1OC(C)C(S)C(=O)O. The fourth-order valence-corrected chi connectivity index (χ4v) is 1.50. The maximum Gasteiger partial charge on any atom is 0.320 e. The van der Waals surface area contributed by atoms with Gasteiger partial charge in [0.2, 0.25) is 0 Å². The van der Waals surface area contributed by atoms with E-state index in [1.165, 1.54) is 0 Å². The van der Waals surface area contributed by atoms with Crippen LogP contribution >= 0.6 is 24.2 Å². The molecule has 16 heavy (non-hydrogen) atoms. The number of aryl methyl sites for hydroxylation is 1. The van der Waals surface area contributed by atoms with Crippen molar-refractivity contribution in [2.24, 2.45) is 0 Å². The zero-order chi connectivity index (χ0) is 12.3. The van der Waals surface area contributed by atoms with Gasteiger partial charge in [-0.1, -0.05) is 11.6 Å². The molecule has 0 heterocycles. The Kier molecular flexibility index (Phi) is 4.50. The molecule has 1 aromatic carbocycles. The van der Waals surface area contributed by atoms with Crippen molar-refractivity contribution in [1.29, 1.82) is 0 Å². The molecule has 1 aromatic rings. The molecule has 0 saturated heterocycles. The molecule has 1 rings (SSSR count). The molecule has 0 fully saturated rings. The lowest BCUT2D eigenvalue weighted by atomic mass is 10.2. The van der Waals surface area contributed by atoms with Crippen molar-refractivity contribution in [1.82, 2.24) is 0 Å². The Bertz CT molecular complexity index is 395. The average Bonchev–Trinajstić information content (AvgIpc) is 2.20. The molecule has 88 valence electrons. The summed E-state index contributed by atoms with van der Waals surface area (Å²) in [5, 5.41) is 8.54. The van der Waals surface area contributed by atoms with Crippen LogP contribution in [-0.2, 0) is 4.79 Å². The van der Waals surface area contributed by atoms with E-state index in [2.05, 4.69) is 12.6 Å². The molecule has 0 aliphatic heterocycles. The van der Waals surface area contributed by atoms with Gasteiger partial charge in [0.05, 0.1) is 0 Å². The predicted molar refractivity (Wildman–Crippen MR) is 66.7 cm³/mol. The third-order valence-corrected chi connectivity index (χ3v) is 3.02. The van der Waals surface area contributed by atoms with Crippen LogP contribution in [0, 0.1) is 6.92 Å². The minimum Gasteiger partial charge on any atom is -0.489 e. The summed E-state index contributed by atoms with van der Waals surface area (Å²) in [7, 11) is 0. The van der Waals surface area contributed by atoms with Gasteiger partial charge in [0, 0.05) is 5.02 Å². The van der Waals surface area contributed by atoms with Gasteiger partial charge < -0.3 is 9.84 Å². The molecule has 1 N–H and O–H groups in total. The van der Waals surface area contributed by atoms with Crippen LogP contribution in [-0.4, -0.2) is 22.4 Å². The number of benzene rings is 1. The highest BCUT2D eigenvalue weighted by Gasteiger charge is 2.22. The fourth-order valence-electron chi connectivity index (χ4n) is 1.21. The standard InChI is InChI=1S/C11H13ClO3S/c1-6-5-8(12)3-4-9(6)15-7(2)10(16)11(13)14/h3-5,7,10,16H,1-2H3,(H,13,14). The maximum absolute atomic E-state index is 10.7. The van der Waals surface area contributed by atoms with Gasteiger partial charge in [0.15, 0.2) is 0 Å². The largest absolute Gasteiger partial charge is 0.489 e. The predicted octanol–water partition coefficient (Wildman–Crippen LogP) is 2.80. The second-order valence-corrected chi connectivity index (χ2v) is 4.51. The van der Waals surface area contributed by atoms with Gasteiger partial charge >= 0.3 is 5.97 Å². The summed E-state index contributed by atoms with van der Waals surface area (Å²) >= 11 is 9.76. The van der Waals surface area contributed by atoms with E-state index < -0.39 is 17.3 Å². The monoisotopic (exact) mass is 260 g/mol. The third kappa shape index (κ3) is 3.32. The number of carboxylic acid groups (broad SMARTS) is 1. The Balaban J connectivity index is 2.77. The molecule has 0 bridgehead atoms. The quantitative estimate of drug-likeness (QED) is 0.819. The third-order valence-electron chi connectivity index (χ3n) is 2.15. The van der Waals surface area contributed by atoms with Crippen molar-refractivity contribution in [3.63, 3.8) is 0 Å². The number of aliphatic carboxylic acids is 1. The molecular weight excluding hydrogens is 248 g/mol. The molecule has 0 aromatic heterocycles. The maximum atomic E-state index is 10.7. The van der Waals surface area contributed by atoms with E-state index in [1.807, 2.05) is 6.92 Å². The smallest absolute Gasteiger partial charge is 0.320 e. The van der Waals surface area contributed by atoms with Gasteiger partial charge in [-0.2, -0.15) is 12.6 Å². The number of hydrogen-bond donors (Lipinski definition) is 2. The summed E-state index contributed by atoms with van der Waals surface area (Å²) in [6, 6.07) is 5.18. The second kappa shape index (κ2) is 5.46. The summed E-state index contributed by atoms with van der Waals surface area (Å²) in [5.41, 5.74) is 0.866. The molecule has 0 radical (unpaired) electrons. The van der Waals surface area contributed by atoms with Crippen molar-refractivity contribution in [2.45, 2.75) is 25.2 Å². The number of carbonyl (C=O) groups is 1. The minimum absolute atomic E-state index is 0.513. The van der Waals surface area contributed by atoms with Gasteiger partial charge in [0.25, 0.3) is 0 Å². The zero-order valence-corrected chi connectivity index (χ0v) is 10.6. The highest BCUT2D eigenvalue weighted by atomic mass is 35.5. The normalized spacial score (nSPS) is 14.2. The first-order valence-electron chi connectivity index (χ1n) is 4.75. The van der Waals surface area contributed by atoms with E-state index in [9.17, 15) is 4.79 Å². The number of halogens is 1. The molecule has 2 unspecified atom stereocenters.